The van der Waals surface area contributed by atoms with Gasteiger partial charge in [-0.3, -0.25) is 4.98 Å². The van der Waals surface area contributed by atoms with Crippen molar-refractivity contribution in [1.82, 2.24) is 14.7 Å². The molecule has 3 heterocycles. The van der Waals surface area contributed by atoms with Crippen molar-refractivity contribution < 1.29 is 14.1 Å². The lowest BCUT2D eigenvalue weighted by Gasteiger charge is -2.20. The van der Waals surface area contributed by atoms with Gasteiger partial charge in [0.1, 0.15) is 5.76 Å². The lowest BCUT2D eigenvalue weighted by atomic mass is 9.91. The molecule has 0 spiro atoms. The van der Waals surface area contributed by atoms with E-state index < -0.39 is 0 Å². The molecule has 3 aromatic heterocycles. The second kappa shape index (κ2) is 10.1. The molecule has 0 bridgehead atoms. The molecule has 1 fully saturated rings. The molecule has 1 aliphatic carbocycles. The summed E-state index contributed by atoms with van der Waals surface area (Å²) in [7, 11) is 1.40. The van der Waals surface area contributed by atoms with Gasteiger partial charge in [0.05, 0.1) is 29.4 Å². The van der Waals surface area contributed by atoms with Crippen molar-refractivity contribution in [2.24, 2.45) is 5.92 Å². The third-order valence-electron chi connectivity index (χ3n) is 7.34. The Morgan fingerprint density at radius 2 is 1.77 bits per heavy atom. The minimum Gasteiger partial charge on any atom is -0.465 e. The lowest BCUT2D eigenvalue weighted by Crippen LogP contribution is -2.12. The Labute approximate surface area is 206 Å². The van der Waals surface area contributed by atoms with Gasteiger partial charge in [0.15, 0.2) is 0 Å². The minimum atomic E-state index is -0.328. The molecule has 0 atom stereocenters. The van der Waals surface area contributed by atoms with Crippen LogP contribution in [0.15, 0.2) is 47.2 Å². The summed E-state index contributed by atoms with van der Waals surface area (Å²) in [5.74, 6) is 1.15. The van der Waals surface area contributed by atoms with Crippen LogP contribution in [0.4, 0.5) is 0 Å². The highest BCUT2D eigenvalue weighted by Gasteiger charge is 2.19. The Morgan fingerprint density at radius 1 is 1.06 bits per heavy atom. The van der Waals surface area contributed by atoms with Gasteiger partial charge < -0.3 is 13.8 Å². The molecule has 6 nitrogen and oxygen atoms in total. The van der Waals surface area contributed by atoms with Crippen LogP contribution in [0.3, 0.4) is 0 Å². The lowest BCUT2D eigenvalue weighted by molar-refractivity contribution is 0.0600. The summed E-state index contributed by atoms with van der Waals surface area (Å²) in [5, 5.41) is 4.14. The van der Waals surface area contributed by atoms with Gasteiger partial charge in [-0.05, 0) is 56.4 Å². The van der Waals surface area contributed by atoms with Crippen LogP contribution in [-0.2, 0) is 11.3 Å². The molecule has 6 heteroatoms. The van der Waals surface area contributed by atoms with Crippen LogP contribution in [0.5, 0.6) is 0 Å². The average molecular weight is 472 g/mol. The number of methoxy groups -OCH3 is 1. The van der Waals surface area contributed by atoms with Gasteiger partial charge in [-0.2, -0.15) is 0 Å². The van der Waals surface area contributed by atoms with Gasteiger partial charge in [0.25, 0.3) is 0 Å². The number of fused-ring (bicyclic) bond motifs is 1. The third-order valence-corrected chi connectivity index (χ3v) is 7.34. The average Bonchev–Trinajstić information content (AvgIpc) is 3.39. The van der Waals surface area contributed by atoms with Gasteiger partial charge in [-0.25, -0.2) is 4.79 Å². The number of aromatic nitrogens is 3. The maximum absolute atomic E-state index is 11.9. The van der Waals surface area contributed by atoms with Gasteiger partial charge >= 0.3 is 5.97 Å². The van der Waals surface area contributed by atoms with Crippen molar-refractivity contribution in [3.8, 4) is 22.3 Å². The fourth-order valence-electron chi connectivity index (χ4n) is 5.47. The molecule has 0 radical (unpaired) electrons. The molecular formula is C29H33N3O3. The molecule has 0 saturated heterocycles. The van der Waals surface area contributed by atoms with E-state index in [1.807, 2.05) is 44.3 Å². The summed E-state index contributed by atoms with van der Waals surface area (Å²) in [6.07, 6.45) is 13.4. The largest absolute Gasteiger partial charge is 0.465 e. The number of nitrogens with zero attached hydrogens (tertiary/aromatic N) is 3. The molecule has 35 heavy (non-hydrogen) atoms. The molecule has 1 aliphatic rings. The van der Waals surface area contributed by atoms with Crippen LogP contribution in [0.2, 0.25) is 0 Å². The van der Waals surface area contributed by atoms with Crippen molar-refractivity contribution in [3.05, 3.63) is 59.7 Å². The summed E-state index contributed by atoms with van der Waals surface area (Å²) >= 11 is 0. The van der Waals surface area contributed by atoms with E-state index in [1.165, 1.54) is 52.1 Å². The monoisotopic (exact) mass is 471 g/mol. The topological polar surface area (TPSA) is 70.2 Å². The number of esters is 1. The quantitative estimate of drug-likeness (QED) is 0.290. The van der Waals surface area contributed by atoms with Gasteiger partial charge in [0.2, 0.25) is 0 Å². The summed E-state index contributed by atoms with van der Waals surface area (Å²) in [4.78, 5) is 16.8. The Kier molecular flexibility index (Phi) is 6.71. The zero-order chi connectivity index (χ0) is 24.4. The highest BCUT2D eigenvalue weighted by molar-refractivity contribution is 5.96. The van der Waals surface area contributed by atoms with Crippen molar-refractivity contribution in [3.63, 3.8) is 0 Å². The molecule has 0 unspecified atom stereocenters. The van der Waals surface area contributed by atoms with Crippen LogP contribution in [0.1, 0.15) is 66.8 Å². The first-order valence-corrected chi connectivity index (χ1v) is 12.7. The van der Waals surface area contributed by atoms with Crippen LogP contribution in [0, 0.1) is 19.8 Å². The number of hydrogen-bond acceptors (Lipinski definition) is 5. The number of carbonyl (C=O) groups is 1. The number of rotatable bonds is 5. The second-order valence-electron chi connectivity index (χ2n) is 9.77. The van der Waals surface area contributed by atoms with Gasteiger partial charge in [-0.1, -0.05) is 49.4 Å². The standard InChI is InChI=1S/C29H33N3O3/c1-19-27(20(2)35-31-19)24-15-26-28(30-16-24)25(22-11-13-23(14-12-22)29(33)34-3)18-32(26)17-21-9-7-5-4-6-8-10-21/h11-16,18,21H,4-10,17H2,1-3H3. The minimum absolute atomic E-state index is 0.328. The SMILES string of the molecule is COC(=O)c1ccc(-c2cn(CC3CCCCCCC3)c3cc(-c4c(C)noc4C)cnc23)cc1. The Morgan fingerprint density at radius 3 is 2.43 bits per heavy atom. The van der Waals surface area contributed by atoms with Crippen LogP contribution in [-0.4, -0.2) is 27.8 Å². The maximum Gasteiger partial charge on any atom is 0.337 e. The van der Waals surface area contributed by atoms with Gasteiger partial charge in [0, 0.05) is 35.6 Å². The highest BCUT2D eigenvalue weighted by Crippen LogP contribution is 2.35. The number of pyridine rings is 1. The summed E-state index contributed by atoms with van der Waals surface area (Å²) < 4.78 is 12.7. The third kappa shape index (κ3) is 4.75. The molecule has 182 valence electrons. The molecule has 4 aromatic rings. The van der Waals surface area contributed by atoms with Crippen molar-refractivity contribution in [2.45, 2.75) is 65.3 Å². The van der Waals surface area contributed by atoms with Crippen LogP contribution >= 0.6 is 0 Å². The normalized spacial score (nSPS) is 15.2. The second-order valence-corrected chi connectivity index (χ2v) is 9.77. The first kappa shape index (κ1) is 23.3. The van der Waals surface area contributed by atoms with E-state index in [0.29, 0.717) is 11.5 Å². The maximum atomic E-state index is 11.9. The molecular weight excluding hydrogens is 438 g/mol. The fourth-order valence-corrected chi connectivity index (χ4v) is 5.47. The molecule has 1 saturated carbocycles. The van der Waals surface area contributed by atoms with E-state index in [9.17, 15) is 4.79 Å². The Hall–Kier alpha value is -3.41. The molecule has 1 aromatic carbocycles. The van der Waals surface area contributed by atoms with E-state index in [0.717, 1.165) is 51.3 Å². The van der Waals surface area contributed by atoms with Crippen LogP contribution < -0.4 is 0 Å². The van der Waals surface area contributed by atoms with Gasteiger partial charge in [-0.15, -0.1) is 0 Å². The predicted octanol–water partition coefficient (Wildman–Crippen LogP) is 7.12. The first-order chi connectivity index (χ1) is 17.0. The Balaban J connectivity index is 1.58. The molecule has 0 amide bonds. The number of aryl methyl sites for hydroxylation is 2. The zero-order valence-corrected chi connectivity index (χ0v) is 20.8. The van der Waals surface area contributed by atoms with Crippen molar-refractivity contribution in [1.29, 1.82) is 0 Å². The zero-order valence-electron chi connectivity index (χ0n) is 20.8. The first-order valence-electron chi connectivity index (χ1n) is 12.7. The molecule has 5 rings (SSSR count). The van der Waals surface area contributed by atoms with E-state index in [-0.39, 0.29) is 5.97 Å². The smallest absolute Gasteiger partial charge is 0.337 e. The summed E-state index contributed by atoms with van der Waals surface area (Å²) in [6, 6.07) is 9.81. The summed E-state index contributed by atoms with van der Waals surface area (Å²) in [6.45, 7) is 4.91. The van der Waals surface area contributed by atoms with Crippen molar-refractivity contribution >= 4 is 17.0 Å². The predicted molar refractivity (Wildman–Crippen MR) is 137 cm³/mol. The van der Waals surface area contributed by atoms with E-state index in [2.05, 4.69) is 22.0 Å². The Bertz CT molecular complexity index is 1310. The summed E-state index contributed by atoms with van der Waals surface area (Å²) in [5.41, 5.74) is 7.67. The van der Waals surface area contributed by atoms with E-state index in [4.69, 9.17) is 14.2 Å². The molecule has 0 N–H and O–H groups in total. The fraction of sp³-hybridized carbons (Fsp3) is 0.414. The number of benzene rings is 1. The van der Waals surface area contributed by atoms with Crippen molar-refractivity contribution in [2.75, 3.05) is 7.11 Å². The van der Waals surface area contributed by atoms with E-state index >= 15 is 0 Å². The van der Waals surface area contributed by atoms with Crippen LogP contribution in [0.25, 0.3) is 33.3 Å². The number of hydrogen-bond donors (Lipinski definition) is 0. The van der Waals surface area contributed by atoms with E-state index in [1.54, 1.807) is 0 Å². The number of ether oxygens (including phenoxy) is 1. The number of carbonyl (C=O) groups excluding carboxylic acids is 1. The highest BCUT2D eigenvalue weighted by atomic mass is 16.5. The molecule has 0 aliphatic heterocycles.